The van der Waals surface area contributed by atoms with Gasteiger partial charge in [0.15, 0.2) is 0 Å². The van der Waals surface area contributed by atoms with E-state index in [0.29, 0.717) is 0 Å². The highest BCUT2D eigenvalue weighted by Crippen LogP contribution is 2.17. The molecule has 3 heteroatoms. The van der Waals surface area contributed by atoms with Gasteiger partial charge in [0, 0.05) is 24.1 Å². The van der Waals surface area contributed by atoms with E-state index in [2.05, 4.69) is 28.9 Å². The zero-order chi connectivity index (χ0) is 8.81. The highest BCUT2D eigenvalue weighted by Gasteiger charge is 2.15. The molecule has 0 radical (unpaired) electrons. The molecular formula is C9H20N2S. The first-order valence-electron chi connectivity index (χ1n) is 4.81. The number of nitrogens with zero attached hydrogens (tertiary/aromatic N) is 1. The number of hydrogen-bond donors (Lipinski definition) is 1. The molecular weight excluding hydrogens is 168 g/mol. The fraction of sp³-hybridized carbons (Fsp3) is 1.00. The van der Waals surface area contributed by atoms with Crippen LogP contribution in [0.3, 0.4) is 0 Å². The summed E-state index contributed by atoms with van der Waals surface area (Å²) < 4.78 is 0. The van der Waals surface area contributed by atoms with E-state index < -0.39 is 0 Å². The van der Waals surface area contributed by atoms with Crippen LogP contribution in [0, 0.1) is 0 Å². The second kappa shape index (κ2) is 5.84. The Morgan fingerprint density at radius 3 is 3.08 bits per heavy atom. The summed E-state index contributed by atoms with van der Waals surface area (Å²) in [4.78, 5) is 2.58. The number of rotatable bonds is 4. The molecule has 1 atom stereocenters. The Balaban J connectivity index is 2.06. The van der Waals surface area contributed by atoms with Crippen molar-refractivity contribution >= 4 is 11.8 Å². The molecule has 12 heavy (non-hydrogen) atoms. The van der Waals surface area contributed by atoms with E-state index in [1.807, 2.05) is 7.05 Å². The van der Waals surface area contributed by atoms with Gasteiger partial charge in [-0.1, -0.05) is 6.92 Å². The van der Waals surface area contributed by atoms with Gasteiger partial charge in [-0.05, 0) is 26.6 Å². The van der Waals surface area contributed by atoms with Crippen molar-refractivity contribution in [3.63, 3.8) is 0 Å². The average molecular weight is 188 g/mol. The molecule has 0 spiro atoms. The summed E-state index contributed by atoms with van der Waals surface area (Å²) in [6.45, 7) is 7.33. The zero-order valence-electron chi connectivity index (χ0n) is 8.18. The van der Waals surface area contributed by atoms with E-state index in [1.54, 1.807) is 0 Å². The second-order valence-corrected chi connectivity index (χ2v) is 4.99. The highest BCUT2D eigenvalue weighted by atomic mass is 32.2. The summed E-state index contributed by atoms with van der Waals surface area (Å²) in [6.07, 6.45) is 1.29. The molecule has 0 aliphatic carbocycles. The third-order valence-electron chi connectivity index (χ3n) is 2.23. The first-order valence-corrected chi connectivity index (χ1v) is 5.86. The highest BCUT2D eigenvalue weighted by molar-refractivity contribution is 7.99. The summed E-state index contributed by atoms with van der Waals surface area (Å²) >= 11 is 2.10. The van der Waals surface area contributed by atoms with Gasteiger partial charge in [-0.25, -0.2) is 0 Å². The van der Waals surface area contributed by atoms with E-state index in [4.69, 9.17) is 0 Å². The molecule has 72 valence electrons. The second-order valence-electron chi connectivity index (χ2n) is 3.44. The van der Waals surface area contributed by atoms with Crippen LogP contribution in [-0.2, 0) is 0 Å². The van der Waals surface area contributed by atoms with E-state index in [1.165, 1.54) is 31.8 Å². The maximum absolute atomic E-state index is 3.19. The van der Waals surface area contributed by atoms with Crippen LogP contribution in [0.1, 0.15) is 13.3 Å². The van der Waals surface area contributed by atoms with Crippen molar-refractivity contribution in [2.45, 2.75) is 18.6 Å². The average Bonchev–Trinajstić information content (AvgIpc) is 2.05. The lowest BCUT2D eigenvalue weighted by Gasteiger charge is -2.30. The van der Waals surface area contributed by atoms with Crippen LogP contribution in [0.2, 0.25) is 0 Å². The third-order valence-corrected chi connectivity index (χ3v) is 3.36. The van der Waals surface area contributed by atoms with E-state index in [-0.39, 0.29) is 0 Å². The van der Waals surface area contributed by atoms with Crippen molar-refractivity contribution < 1.29 is 0 Å². The van der Waals surface area contributed by atoms with Crippen molar-refractivity contribution in [2.75, 3.05) is 39.0 Å². The largest absolute Gasteiger partial charge is 0.320 e. The molecule has 0 amide bonds. The number of nitrogens with one attached hydrogen (secondary N) is 1. The van der Waals surface area contributed by atoms with Crippen LogP contribution in [0.25, 0.3) is 0 Å². The molecule has 0 aromatic heterocycles. The molecule has 1 unspecified atom stereocenters. The van der Waals surface area contributed by atoms with Gasteiger partial charge in [0.25, 0.3) is 0 Å². The van der Waals surface area contributed by atoms with Gasteiger partial charge in [-0.3, -0.25) is 0 Å². The van der Waals surface area contributed by atoms with Crippen LogP contribution in [0.15, 0.2) is 0 Å². The lowest BCUT2D eigenvalue weighted by atomic mass is 10.3. The molecule has 0 aromatic carbocycles. The molecule has 1 aliphatic rings. The molecule has 0 saturated carbocycles. The van der Waals surface area contributed by atoms with Gasteiger partial charge in [0.05, 0.1) is 0 Å². The first-order chi connectivity index (χ1) is 5.83. The number of thioether (sulfide) groups is 1. The topological polar surface area (TPSA) is 15.3 Å². The van der Waals surface area contributed by atoms with Gasteiger partial charge in [-0.2, -0.15) is 11.8 Å². The Kier molecular flexibility index (Phi) is 5.04. The fourth-order valence-corrected chi connectivity index (χ4v) is 2.66. The summed E-state index contributed by atoms with van der Waals surface area (Å²) in [7, 11) is 2.02. The standard InChI is InChI=1S/C9H20N2S/c1-9-8-11(6-7-12-9)5-3-4-10-2/h9-10H,3-8H2,1-2H3. The zero-order valence-corrected chi connectivity index (χ0v) is 8.99. The Morgan fingerprint density at radius 1 is 1.58 bits per heavy atom. The molecule has 1 N–H and O–H groups in total. The lowest BCUT2D eigenvalue weighted by Crippen LogP contribution is -2.37. The van der Waals surface area contributed by atoms with Crippen molar-refractivity contribution in [3.05, 3.63) is 0 Å². The Bertz CT molecular complexity index is 119. The molecule has 1 saturated heterocycles. The maximum Gasteiger partial charge on any atom is 0.0147 e. The van der Waals surface area contributed by atoms with Gasteiger partial charge in [0.2, 0.25) is 0 Å². The van der Waals surface area contributed by atoms with Crippen LogP contribution >= 0.6 is 11.8 Å². The summed E-state index contributed by atoms with van der Waals surface area (Å²) in [5, 5.41) is 4.03. The minimum atomic E-state index is 0.841. The third kappa shape index (κ3) is 3.78. The Hall–Kier alpha value is 0.270. The van der Waals surface area contributed by atoms with Crippen LogP contribution < -0.4 is 5.32 Å². The summed E-state index contributed by atoms with van der Waals surface area (Å²) in [5.41, 5.74) is 0. The van der Waals surface area contributed by atoms with Crippen LogP contribution in [0.5, 0.6) is 0 Å². The predicted octanol–water partition coefficient (Wildman–Crippen LogP) is 1.03. The smallest absolute Gasteiger partial charge is 0.0147 e. The first kappa shape index (κ1) is 10.4. The minimum absolute atomic E-state index is 0.841. The van der Waals surface area contributed by atoms with Gasteiger partial charge in [0.1, 0.15) is 0 Å². The molecule has 0 aromatic rings. The molecule has 1 heterocycles. The van der Waals surface area contributed by atoms with Crippen LogP contribution in [-0.4, -0.2) is 49.1 Å². The van der Waals surface area contributed by atoms with Crippen molar-refractivity contribution in [1.29, 1.82) is 0 Å². The van der Waals surface area contributed by atoms with Gasteiger partial charge in [-0.15, -0.1) is 0 Å². The van der Waals surface area contributed by atoms with Crippen molar-refractivity contribution in [1.82, 2.24) is 10.2 Å². The Morgan fingerprint density at radius 2 is 2.42 bits per heavy atom. The van der Waals surface area contributed by atoms with Gasteiger partial charge < -0.3 is 10.2 Å². The number of hydrogen-bond acceptors (Lipinski definition) is 3. The normalized spacial score (nSPS) is 26.0. The molecule has 1 aliphatic heterocycles. The monoisotopic (exact) mass is 188 g/mol. The SMILES string of the molecule is CNCCCN1CCSC(C)C1. The molecule has 0 bridgehead atoms. The van der Waals surface area contributed by atoms with Gasteiger partial charge >= 0.3 is 0 Å². The minimum Gasteiger partial charge on any atom is -0.320 e. The molecule has 1 fully saturated rings. The predicted molar refractivity (Wildman–Crippen MR) is 56.9 cm³/mol. The van der Waals surface area contributed by atoms with Crippen molar-refractivity contribution in [3.8, 4) is 0 Å². The molecule has 1 rings (SSSR count). The molecule has 2 nitrogen and oxygen atoms in total. The Labute approximate surface area is 80.1 Å². The fourth-order valence-electron chi connectivity index (χ4n) is 1.57. The maximum atomic E-state index is 3.19. The van der Waals surface area contributed by atoms with Crippen LogP contribution in [0.4, 0.5) is 0 Å². The van der Waals surface area contributed by atoms with E-state index in [9.17, 15) is 0 Å². The van der Waals surface area contributed by atoms with E-state index >= 15 is 0 Å². The summed E-state index contributed by atoms with van der Waals surface area (Å²) in [5.74, 6) is 1.32. The van der Waals surface area contributed by atoms with E-state index in [0.717, 1.165) is 11.8 Å². The summed E-state index contributed by atoms with van der Waals surface area (Å²) in [6, 6.07) is 0. The quantitative estimate of drug-likeness (QED) is 0.664. The lowest BCUT2D eigenvalue weighted by molar-refractivity contribution is 0.282. The van der Waals surface area contributed by atoms with Crippen molar-refractivity contribution in [2.24, 2.45) is 0 Å².